The second-order valence-electron chi connectivity index (χ2n) is 3.53. The van der Waals surface area contributed by atoms with Crippen molar-refractivity contribution in [2.45, 2.75) is 26.2 Å². The summed E-state index contributed by atoms with van der Waals surface area (Å²) in [6.07, 6.45) is 0. The molecule has 0 unspecified atom stereocenters. The van der Waals surface area contributed by atoms with Gasteiger partial charge in [-0.05, 0) is 32.9 Å². The molecule has 0 saturated carbocycles. The van der Waals surface area contributed by atoms with Crippen molar-refractivity contribution in [3.63, 3.8) is 0 Å². The highest BCUT2D eigenvalue weighted by Crippen LogP contribution is 2.30. The van der Waals surface area contributed by atoms with Gasteiger partial charge >= 0.3 is 5.97 Å². The summed E-state index contributed by atoms with van der Waals surface area (Å²) in [6.45, 7) is 5.79. The molecule has 72 valence electrons. The third-order valence-electron chi connectivity index (χ3n) is 2.05. The highest BCUT2D eigenvalue weighted by molar-refractivity contribution is 7.12. The molecule has 0 atom stereocenters. The molecular formula is C10H14O2S. The lowest BCUT2D eigenvalue weighted by atomic mass is 9.92. The van der Waals surface area contributed by atoms with E-state index in [0.29, 0.717) is 0 Å². The summed E-state index contributed by atoms with van der Waals surface area (Å²) < 4.78 is 4.75. The minimum atomic E-state index is -0.520. The summed E-state index contributed by atoms with van der Waals surface area (Å²) in [4.78, 5) is 13.7. The maximum Gasteiger partial charge on any atom is 0.316 e. The van der Waals surface area contributed by atoms with E-state index in [2.05, 4.69) is 0 Å². The molecule has 13 heavy (non-hydrogen) atoms. The van der Waals surface area contributed by atoms with Gasteiger partial charge in [-0.1, -0.05) is 0 Å². The van der Waals surface area contributed by atoms with E-state index < -0.39 is 5.41 Å². The van der Waals surface area contributed by atoms with Crippen molar-refractivity contribution < 1.29 is 9.53 Å². The number of rotatable bonds is 2. The van der Waals surface area contributed by atoms with Crippen molar-refractivity contribution in [3.05, 3.63) is 21.9 Å². The van der Waals surface area contributed by atoms with Gasteiger partial charge in [-0.3, -0.25) is 4.79 Å². The molecule has 1 heterocycles. The first-order chi connectivity index (χ1) is 5.98. The predicted molar refractivity (Wildman–Crippen MR) is 54.1 cm³/mol. The summed E-state index contributed by atoms with van der Waals surface area (Å²) in [7, 11) is 1.42. The van der Waals surface area contributed by atoms with Crippen LogP contribution in [0.2, 0.25) is 0 Å². The first-order valence-electron chi connectivity index (χ1n) is 4.14. The normalized spacial score (nSPS) is 11.4. The van der Waals surface area contributed by atoms with Crippen molar-refractivity contribution in [2.24, 2.45) is 0 Å². The summed E-state index contributed by atoms with van der Waals surface area (Å²) in [6, 6.07) is 4.00. The van der Waals surface area contributed by atoms with Gasteiger partial charge in [0, 0.05) is 9.75 Å². The second-order valence-corrected chi connectivity index (χ2v) is 4.81. The van der Waals surface area contributed by atoms with Crippen LogP contribution >= 0.6 is 11.3 Å². The molecule has 0 spiro atoms. The fourth-order valence-electron chi connectivity index (χ4n) is 1.13. The van der Waals surface area contributed by atoms with E-state index in [1.54, 1.807) is 11.3 Å². The van der Waals surface area contributed by atoms with E-state index in [0.717, 1.165) is 4.88 Å². The topological polar surface area (TPSA) is 26.3 Å². The maximum absolute atomic E-state index is 11.4. The number of hydrogen-bond donors (Lipinski definition) is 0. The van der Waals surface area contributed by atoms with Crippen LogP contribution < -0.4 is 0 Å². The van der Waals surface area contributed by atoms with Gasteiger partial charge < -0.3 is 4.74 Å². The number of carbonyl (C=O) groups is 1. The van der Waals surface area contributed by atoms with E-state index in [-0.39, 0.29) is 5.97 Å². The zero-order valence-corrected chi connectivity index (χ0v) is 9.20. The zero-order chi connectivity index (χ0) is 10.1. The second kappa shape index (κ2) is 3.50. The molecule has 0 fully saturated rings. The molecule has 1 aromatic rings. The van der Waals surface area contributed by atoms with Gasteiger partial charge in [0.25, 0.3) is 0 Å². The fraction of sp³-hybridized carbons (Fsp3) is 0.500. The quantitative estimate of drug-likeness (QED) is 0.682. The van der Waals surface area contributed by atoms with Crippen LogP contribution in [0.5, 0.6) is 0 Å². The van der Waals surface area contributed by atoms with Gasteiger partial charge in [-0.2, -0.15) is 0 Å². The van der Waals surface area contributed by atoms with E-state index >= 15 is 0 Å². The van der Waals surface area contributed by atoms with Crippen LogP contribution in [0.25, 0.3) is 0 Å². The van der Waals surface area contributed by atoms with Crippen LogP contribution in [0.4, 0.5) is 0 Å². The average Bonchev–Trinajstić information content (AvgIpc) is 2.50. The Morgan fingerprint density at radius 1 is 1.46 bits per heavy atom. The van der Waals surface area contributed by atoms with E-state index in [1.165, 1.54) is 12.0 Å². The molecule has 1 aromatic heterocycles. The van der Waals surface area contributed by atoms with Gasteiger partial charge in [0.05, 0.1) is 12.5 Å². The molecule has 0 radical (unpaired) electrons. The minimum Gasteiger partial charge on any atom is -0.468 e. The number of carbonyl (C=O) groups excluding carboxylic acids is 1. The standard InChI is InChI=1S/C10H14O2S/c1-7-5-6-8(13-7)10(2,3)9(11)12-4/h5-6H,1-4H3. The molecule has 0 aliphatic carbocycles. The summed E-state index contributed by atoms with van der Waals surface area (Å²) >= 11 is 1.64. The predicted octanol–water partition coefficient (Wildman–Crippen LogP) is 2.51. The van der Waals surface area contributed by atoms with Crippen LogP contribution in [-0.2, 0) is 14.9 Å². The van der Waals surface area contributed by atoms with Crippen molar-refractivity contribution in [1.29, 1.82) is 0 Å². The monoisotopic (exact) mass is 198 g/mol. The zero-order valence-electron chi connectivity index (χ0n) is 8.38. The number of methoxy groups -OCH3 is 1. The molecular weight excluding hydrogens is 184 g/mol. The van der Waals surface area contributed by atoms with Gasteiger partial charge in [-0.15, -0.1) is 11.3 Å². The lowest BCUT2D eigenvalue weighted by Gasteiger charge is -2.19. The highest BCUT2D eigenvalue weighted by atomic mass is 32.1. The third kappa shape index (κ3) is 1.91. The fourth-order valence-corrected chi connectivity index (χ4v) is 2.08. The largest absolute Gasteiger partial charge is 0.468 e. The first kappa shape index (κ1) is 10.3. The lowest BCUT2D eigenvalue weighted by molar-refractivity contribution is -0.146. The molecule has 2 nitrogen and oxygen atoms in total. The molecule has 0 aliphatic rings. The molecule has 0 aliphatic heterocycles. The Bertz CT molecular complexity index is 312. The molecule has 0 amide bonds. The smallest absolute Gasteiger partial charge is 0.316 e. The van der Waals surface area contributed by atoms with Crippen LogP contribution in [0.15, 0.2) is 12.1 Å². The minimum absolute atomic E-state index is 0.186. The molecule has 0 bridgehead atoms. The Morgan fingerprint density at radius 2 is 2.08 bits per heavy atom. The number of aryl methyl sites for hydroxylation is 1. The van der Waals surface area contributed by atoms with Gasteiger partial charge in [0.2, 0.25) is 0 Å². The molecule has 0 aromatic carbocycles. The SMILES string of the molecule is COC(=O)C(C)(C)c1ccc(C)s1. The number of thiophene rings is 1. The van der Waals surface area contributed by atoms with Crippen LogP contribution in [0, 0.1) is 6.92 Å². The molecule has 3 heteroatoms. The summed E-state index contributed by atoms with van der Waals surface area (Å²) in [5.74, 6) is -0.186. The van der Waals surface area contributed by atoms with Crippen LogP contribution in [0.1, 0.15) is 23.6 Å². The van der Waals surface area contributed by atoms with E-state index in [1.807, 2.05) is 32.9 Å². The Balaban J connectivity index is 2.99. The Morgan fingerprint density at radius 3 is 2.46 bits per heavy atom. The Labute approximate surface area is 82.5 Å². The van der Waals surface area contributed by atoms with Crippen LogP contribution in [-0.4, -0.2) is 13.1 Å². The van der Waals surface area contributed by atoms with Crippen molar-refractivity contribution in [2.75, 3.05) is 7.11 Å². The van der Waals surface area contributed by atoms with Crippen LogP contribution in [0.3, 0.4) is 0 Å². The molecule has 0 saturated heterocycles. The van der Waals surface area contributed by atoms with E-state index in [9.17, 15) is 4.79 Å². The summed E-state index contributed by atoms with van der Waals surface area (Å²) in [5, 5.41) is 0. The van der Waals surface area contributed by atoms with E-state index in [4.69, 9.17) is 4.74 Å². The number of esters is 1. The summed E-state index contributed by atoms with van der Waals surface area (Å²) in [5.41, 5.74) is -0.520. The van der Waals surface area contributed by atoms with Gasteiger partial charge in [0.1, 0.15) is 0 Å². The first-order valence-corrected chi connectivity index (χ1v) is 4.95. The average molecular weight is 198 g/mol. The number of hydrogen-bond acceptors (Lipinski definition) is 3. The van der Waals surface area contributed by atoms with Gasteiger partial charge in [-0.25, -0.2) is 0 Å². The maximum atomic E-state index is 11.4. The Hall–Kier alpha value is -0.830. The van der Waals surface area contributed by atoms with Gasteiger partial charge in [0.15, 0.2) is 0 Å². The molecule has 0 N–H and O–H groups in total. The number of ether oxygens (including phenoxy) is 1. The Kier molecular flexibility index (Phi) is 2.76. The lowest BCUT2D eigenvalue weighted by Crippen LogP contribution is -2.29. The third-order valence-corrected chi connectivity index (χ3v) is 3.38. The molecule has 1 rings (SSSR count). The highest BCUT2D eigenvalue weighted by Gasteiger charge is 2.31. The van der Waals surface area contributed by atoms with Crippen molar-refractivity contribution in [1.82, 2.24) is 0 Å². The van der Waals surface area contributed by atoms with Crippen molar-refractivity contribution >= 4 is 17.3 Å². The van der Waals surface area contributed by atoms with Crippen molar-refractivity contribution in [3.8, 4) is 0 Å².